The Hall–Kier alpha value is -1.66. The third kappa shape index (κ3) is 65.5. The Bertz CT molecular complexity index is 1250. The first-order valence-corrected chi connectivity index (χ1v) is 36.6. The van der Waals surface area contributed by atoms with Crippen LogP contribution in [0.4, 0.5) is 0 Å². The van der Waals surface area contributed by atoms with Gasteiger partial charge in [-0.3, -0.25) is 9.59 Å². The van der Waals surface area contributed by atoms with Gasteiger partial charge in [-0.25, -0.2) is 0 Å². The number of amides is 1. The lowest BCUT2D eigenvalue weighted by molar-refractivity contribution is -0.143. The Morgan fingerprint density at radius 2 is 0.625 bits per heavy atom. The Kier molecular flexibility index (Phi) is 68.4. The number of unbranched alkanes of at least 4 members (excludes halogenated alkanes) is 54. The molecule has 0 aliphatic rings. The van der Waals surface area contributed by atoms with E-state index >= 15 is 0 Å². The summed E-state index contributed by atoms with van der Waals surface area (Å²) in [6.07, 6.45) is 88.1. The minimum absolute atomic E-state index is 0.0172. The summed E-state index contributed by atoms with van der Waals surface area (Å²) in [7, 11) is 0. The van der Waals surface area contributed by atoms with E-state index in [9.17, 15) is 19.8 Å². The maximum atomic E-state index is 12.5. The quantitative estimate of drug-likeness (QED) is 0.0320. The van der Waals surface area contributed by atoms with Crippen LogP contribution in [0, 0.1) is 0 Å². The molecule has 0 saturated carbocycles. The lowest BCUT2D eigenvalue weighted by atomic mass is 10.0. The molecule has 0 bridgehead atoms. The topological polar surface area (TPSA) is 95.9 Å². The van der Waals surface area contributed by atoms with Crippen molar-refractivity contribution in [3.63, 3.8) is 0 Å². The zero-order chi connectivity index (χ0) is 57.8. The third-order valence-electron chi connectivity index (χ3n) is 17.3. The number of hydrogen-bond acceptors (Lipinski definition) is 5. The second-order valence-corrected chi connectivity index (χ2v) is 25.3. The number of allylic oxidation sites excluding steroid dienone is 4. The van der Waals surface area contributed by atoms with E-state index in [1.165, 1.54) is 334 Å². The van der Waals surface area contributed by atoms with E-state index in [2.05, 4.69) is 43.5 Å². The summed E-state index contributed by atoms with van der Waals surface area (Å²) < 4.78 is 5.49. The SMILES string of the molecule is CCCCCCCCCCCCCCCCCCC(O)C(CO)NC(=O)CCCCCCCCCCCCCCCCCCC/C=C\C/C=C\CCCCCCCCCCCOC(=O)CCCCCCCCCCCCCCCC. The monoisotopic (exact) mass is 1130 g/mol. The molecule has 0 rings (SSSR count). The van der Waals surface area contributed by atoms with Crippen LogP contribution < -0.4 is 5.32 Å². The first kappa shape index (κ1) is 78.3. The fourth-order valence-corrected chi connectivity index (χ4v) is 11.7. The summed E-state index contributed by atoms with van der Waals surface area (Å²) in [5.41, 5.74) is 0. The number of aliphatic hydroxyl groups is 2. The molecule has 6 nitrogen and oxygen atoms in total. The first-order chi connectivity index (χ1) is 39.5. The first-order valence-electron chi connectivity index (χ1n) is 36.6. The molecule has 0 radical (unpaired) electrons. The average molecular weight is 1130 g/mol. The highest BCUT2D eigenvalue weighted by atomic mass is 16.5. The van der Waals surface area contributed by atoms with Crippen LogP contribution in [0.5, 0.6) is 0 Å². The maximum absolute atomic E-state index is 12.5. The molecular weight excluding hydrogens is 983 g/mol. The molecule has 0 aromatic rings. The number of carbonyl (C=O) groups is 2. The molecule has 3 N–H and O–H groups in total. The zero-order valence-electron chi connectivity index (χ0n) is 54.3. The second kappa shape index (κ2) is 69.8. The molecule has 0 aromatic carbocycles. The molecule has 0 spiro atoms. The Balaban J connectivity index is 3.37. The van der Waals surface area contributed by atoms with Gasteiger partial charge < -0.3 is 20.3 Å². The smallest absolute Gasteiger partial charge is 0.305 e. The Morgan fingerprint density at radius 3 is 0.950 bits per heavy atom. The fraction of sp³-hybridized carbons (Fsp3) is 0.919. The number of hydrogen-bond donors (Lipinski definition) is 3. The van der Waals surface area contributed by atoms with Gasteiger partial charge in [-0.1, -0.05) is 366 Å². The molecule has 0 saturated heterocycles. The molecular formula is C74H143NO5. The molecule has 474 valence electrons. The van der Waals surface area contributed by atoms with E-state index < -0.39 is 12.1 Å². The summed E-state index contributed by atoms with van der Waals surface area (Å²) in [6.45, 7) is 4.99. The molecule has 0 fully saturated rings. The maximum Gasteiger partial charge on any atom is 0.305 e. The van der Waals surface area contributed by atoms with Crippen LogP contribution in [0.25, 0.3) is 0 Å². The van der Waals surface area contributed by atoms with E-state index in [1.807, 2.05) is 0 Å². The summed E-state index contributed by atoms with van der Waals surface area (Å²) in [6, 6.07) is -0.540. The summed E-state index contributed by atoms with van der Waals surface area (Å²) in [5.74, 6) is -0.0124. The number of rotatable bonds is 69. The number of nitrogens with one attached hydrogen (secondary N) is 1. The van der Waals surface area contributed by atoms with Gasteiger partial charge >= 0.3 is 5.97 Å². The van der Waals surface area contributed by atoms with Gasteiger partial charge in [0.15, 0.2) is 0 Å². The Labute approximate surface area is 501 Å². The van der Waals surface area contributed by atoms with Gasteiger partial charge in [-0.15, -0.1) is 0 Å². The van der Waals surface area contributed by atoms with E-state index in [0.717, 1.165) is 44.9 Å². The van der Waals surface area contributed by atoms with Crippen molar-refractivity contribution >= 4 is 11.9 Å². The van der Waals surface area contributed by atoms with Crippen LogP contribution in [0.3, 0.4) is 0 Å². The molecule has 0 aliphatic heterocycles. The van der Waals surface area contributed by atoms with Crippen LogP contribution in [0.2, 0.25) is 0 Å². The molecule has 80 heavy (non-hydrogen) atoms. The van der Waals surface area contributed by atoms with Crippen molar-refractivity contribution in [3.05, 3.63) is 24.3 Å². The van der Waals surface area contributed by atoms with Crippen LogP contribution in [-0.2, 0) is 14.3 Å². The molecule has 2 unspecified atom stereocenters. The fourth-order valence-electron chi connectivity index (χ4n) is 11.7. The van der Waals surface area contributed by atoms with Gasteiger partial charge in [0.2, 0.25) is 5.91 Å². The molecule has 0 aromatic heterocycles. The van der Waals surface area contributed by atoms with E-state index in [0.29, 0.717) is 25.9 Å². The highest BCUT2D eigenvalue weighted by Gasteiger charge is 2.20. The van der Waals surface area contributed by atoms with Crippen molar-refractivity contribution < 1.29 is 24.5 Å². The standard InChI is InChI=1S/C74H143NO5/c1-3-5-7-9-11-13-15-17-19-39-42-46-50-54-58-62-66-72(77)71(70-76)75-73(78)67-63-59-55-51-47-43-40-37-35-33-31-29-27-25-23-21-20-22-24-26-28-30-32-34-36-38-41-45-49-53-57-61-65-69-80-74(79)68-64-60-56-52-48-44-18-16-14-12-10-8-6-4-2/h24,26,30,32,71-72,76-77H,3-23,25,27-29,31,33-70H2,1-2H3,(H,75,78)/b26-24-,32-30-. The summed E-state index contributed by atoms with van der Waals surface area (Å²) in [4.78, 5) is 24.6. The highest BCUT2D eigenvalue weighted by molar-refractivity contribution is 5.76. The number of carbonyl (C=O) groups excluding carboxylic acids is 2. The molecule has 0 heterocycles. The van der Waals surface area contributed by atoms with Gasteiger partial charge in [-0.2, -0.15) is 0 Å². The number of aliphatic hydroxyl groups excluding tert-OH is 2. The van der Waals surface area contributed by atoms with Gasteiger partial charge in [0.25, 0.3) is 0 Å². The lowest BCUT2D eigenvalue weighted by Crippen LogP contribution is -2.45. The molecule has 0 aliphatic carbocycles. The van der Waals surface area contributed by atoms with Crippen molar-refractivity contribution in [1.29, 1.82) is 0 Å². The van der Waals surface area contributed by atoms with Crippen LogP contribution in [0.15, 0.2) is 24.3 Å². The lowest BCUT2D eigenvalue weighted by Gasteiger charge is -2.22. The van der Waals surface area contributed by atoms with Gasteiger partial charge in [0.05, 0.1) is 25.4 Å². The zero-order valence-corrected chi connectivity index (χ0v) is 54.3. The largest absolute Gasteiger partial charge is 0.466 e. The average Bonchev–Trinajstić information content (AvgIpc) is 3.46. The van der Waals surface area contributed by atoms with Crippen molar-refractivity contribution in [2.75, 3.05) is 13.2 Å². The van der Waals surface area contributed by atoms with Gasteiger partial charge in [-0.05, 0) is 57.8 Å². The minimum Gasteiger partial charge on any atom is -0.466 e. The molecule has 1 amide bonds. The van der Waals surface area contributed by atoms with Gasteiger partial charge in [0, 0.05) is 12.8 Å². The van der Waals surface area contributed by atoms with E-state index in [4.69, 9.17) is 4.74 Å². The molecule has 6 heteroatoms. The minimum atomic E-state index is -0.663. The van der Waals surface area contributed by atoms with Crippen LogP contribution in [0.1, 0.15) is 412 Å². The van der Waals surface area contributed by atoms with Gasteiger partial charge in [0.1, 0.15) is 0 Å². The van der Waals surface area contributed by atoms with Crippen molar-refractivity contribution in [2.24, 2.45) is 0 Å². The summed E-state index contributed by atoms with van der Waals surface area (Å²) >= 11 is 0. The predicted molar refractivity (Wildman–Crippen MR) is 352 cm³/mol. The number of ether oxygens (including phenoxy) is 1. The van der Waals surface area contributed by atoms with Crippen molar-refractivity contribution in [3.8, 4) is 0 Å². The predicted octanol–water partition coefficient (Wildman–Crippen LogP) is 23.7. The van der Waals surface area contributed by atoms with E-state index in [1.54, 1.807) is 0 Å². The molecule has 2 atom stereocenters. The normalized spacial score (nSPS) is 12.6. The summed E-state index contributed by atoms with van der Waals surface area (Å²) in [5, 5.41) is 23.4. The van der Waals surface area contributed by atoms with Crippen molar-refractivity contribution in [2.45, 2.75) is 424 Å². The van der Waals surface area contributed by atoms with Crippen LogP contribution >= 0.6 is 0 Å². The highest BCUT2D eigenvalue weighted by Crippen LogP contribution is 2.19. The Morgan fingerprint density at radius 1 is 0.350 bits per heavy atom. The van der Waals surface area contributed by atoms with E-state index in [-0.39, 0.29) is 18.5 Å². The van der Waals surface area contributed by atoms with Crippen molar-refractivity contribution in [1.82, 2.24) is 5.32 Å². The third-order valence-corrected chi connectivity index (χ3v) is 17.3. The van der Waals surface area contributed by atoms with Crippen LogP contribution in [-0.4, -0.2) is 47.4 Å². The number of esters is 1. The second-order valence-electron chi connectivity index (χ2n) is 25.3.